The molecule has 0 radical (unpaired) electrons. The molecule has 6 nitrogen and oxygen atoms in total. The molecule has 0 bridgehead atoms. The molecule has 22 heavy (non-hydrogen) atoms. The summed E-state index contributed by atoms with van der Waals surface area (Å²) in [6.45, 7) is 2.13. The van der Waals surface area contributed by atoms with Gasteiger partial charge in [-0.1, -0.05) is 12.2 Å². The molecule has 7 heteroatoms. The second kappa shape index (κ2) is 6.39. The van der Waals surface area contributed by atoms with Crippen molar-refractivity contribution in [3.63, 3.8) is 0 Å². The third-order valence-corrected chi connectivity index (χ3v) is 5.37. The van der Waals surface area contributed by atoms with Crippen LogP contribution < -0.4 is 9.04 Å². The van der Waals surface area contributed by atoms with Crippen molar-refractivity contribution < 1.29 is 23.1 Å². The predicted molar refractivity (Wildman–Crippen MR) is 85.0 cm³/mol. The summed E-state index contributed by atoms with van der Waals surface area (Å²) < 4.78 is 31.2. The number of carbonyl (C=O) groups is 1. The fraction of sp³-hybridized carbons (Fsp3) is 0.400. The molecular formula is C15H19NO5S. The normalized spacial score (nSPS) is 17.6. The monoisotopic (exact) mass is 325 g/mol. The number of anilines is 1. The molecule has 1 saturated heterocycles. The molecule has 1 aromatic carbocycles. The molecule has 0 aromatic heterocycles. The Kier molecular flexibility index (Phi) is 4.75. The SMILES string of the molecule is CC=Cc1cc(C(=O)O)cc(N2CCCCS2(=O)=O)c1OC. The molecule has 1 aliphatic heterocycles. The van der Waals surface area contributed by atoms with E-state index < -0.39 is 16.0 Å². The average Bonchev–Trinajstić information content (AvgIpc) is 2.46. The molecule has 0 spiro atoms. The van der Waals surface area contributed by atoms with Crippen molar-refractivity contribution in [2.75, 3.05) is 23.7 Å². The number of methoxy groups -OCH3 is 1. The zero-order valence-electron chi connectivity index (χ0n) is 12.6. The Morgan fingerprint density at radius 1 is 1.36 bits per heavy atom. The van der Waals surface area contributed by atoms with E-state index in [1.165, 1.54) is 23.5 Å². The number of hydrogen-bond acceptors (Lipinski definition) is 4. The van der Waals surface area contributed by atoms with Gasteiger partial charge in [0.1, 0.15) is 5.75 Å². The molecule has 1 aliphatic rings. The van der Waals surface area contributed by atoms with Crippen LogP contribution in [0.2, 0.25) is 0 Å². The largest absolute Gasteiger partial charge is 0.494 e. The predicted octanol–water partition coefficient (Wildman–Crippen LogP) is 2.36. The molecule has 0 atom stereocenters. The number of carboxylic acid groups (broad SMARTS) is 1. The van der Waals surface area contributed by atoms with Crippen molar-refractivity contribution >= 4 is 27.8 Å². The molecular weight excluding hydrogens is 306 g/mol. The fourth-order valence-corrected chi connectivity index (χ4v) is 4.16. The molecule has 120 valence electrons. The highest BCUT2D eigenvalue weighted by Gasteiger charge is 2.30. The topological polar surface area (TPSA) is 83.9 Å². The lowest BCUT2D eigenvalue weighted by molar-refractivity contribution is 0.0697. The van der Waals surface area contributed by atoms with Gasteiger partial charge in [0.15, 0.2) is 0 Å². The van der Waals surface area contributed by atoms with E-state index in [1.54, 1.807) is 19.1 Å². The summed E-state index contributed by atoms with van der Waals surface area (Å²) >= 11 is 0. The van der Waals surface area contributed by atoms with E-state index in [-0.39, 0.29) is 17.0 Å². The van der Waals surface area contributed by atoms with Gasteiger partial charge in [-0.15, -0.1) is 0 Å². The van der Waals surface area contributed by atoms with Gasteiger partial charge in [0.25, 0.3) is 0 Å². The lowest BCUT2D eigenvalue weighted by atomic mass is 10.1. The molecule has 0 unspecified atom stereocenters. The Hall–Kier alpha value is -2.02. The summed E-state index contributed by atoms with van der Waals surface area (Å²) in [5.74, 6) is -0.676. The van der Waals surface area contributed by atoms with Crippen LogP contribution in [-0.2, 0) is 10.0 Å². The first kappa shape index (κ1) is 16.4. The van der Waals surface area contributed by atoms with Crippen LogP contribution in [0.3, 0.4) is 0 Å². The number of sulfonamides is 1. The number of nitrogens with zero attached hydrogens (tertiary/aromatic N) is 1. The smallest absolute Gasteiger partial charge is 0.335 e. The standard InChI is InChI=1S/C15H19NO5S/c1-3-6-11-9-12(15(17)18)10-13(14(11)21-2)16-7-4-5-8-22(16,19)20/h3,6,9-10H,4-5,7-8H2,1-2H3,(H,17,18). The molecule has 0 aliphatic carbocycles. The lowest BCUT2D eigenvalue weighted by Gasteiger charge is -2.30. The minimum absolute atomic E-state index is 0.0321. The highest BCUT2D eigenvalue weighted by Crippen LogP contribution is 2.37. The van der Waals surface area contributed by atoms with E-state index in [0.29, 0.717) is 24.3 Å². The number of benzene rings is 1. The van der Waals surface area contributed by atoms with Gasteiger partial charge >= 0.3 is 5.97 Å². The van der Waals surface area contributed by atoms with Gasteiger partial charge in [-0.3, -0.25) is 4.31 Å². The molecule has 1 heterocycles. The number of ether oxygens (including phenoxy) is 1. The maximum Gasteiger partial charge on any atom is 0.335 e. The lowest BCUT2D eigenvalue weighted by Crippen LogP contribution is -2.38. The minimum atomic E-state index is -3.45. The van der Waals surface area contributed by atoms with Crippen LogP contribution in [-0.4, -0.2) is 38.9 Å². The molecule has 0 saturated carbocycles. The zero-order valence-corrected chi connectivity index (χ0v) is 13.4. The summed E-state index contributed by atoms with van der Waals surface area (Å²) in [5, 5.41) is 9.26. The van der Waals surface area contributed by atoms with E-state index in [4.69, 9.17) is 4.74 Å². The third kappa shape index (κ3) is 3.09. The van der Waals surface area contributed by atoms with Crippen molar-refractivity contribution in [2.24, 2.45) is 0 Å². The Labute approximate surface area is 130 Å². The van der Waals surface area contributed by atoms with E-state index in [1.807, 2.05) is 0 Å². The van der Waals surface area contributed by atoms with Gasteiger partial charge in [-0.05, 0) is 31.9 Å². The molecule has 1 fully saturated rings. The van der Waals surface area contributed by atoms with Crippen LogP contribution in [0.5, 0.6) is 5.75 Å². The molecule has 2 rings (SSSR count). The molecule has 0 amide bonds. The Bertz CT molecular complexity index is 709. The fourth-order valence-electron chi connectivity index (χ4n) is 2.53. The van der Waals surface area contributed by atoms with E-state index in [2.05, 4.69) is 0 Å². The van der Waals surface area contributed by atoms with E-state index in [0.717, 1.165) is 6.42 Å². The van der Waals surface area contributed by atoms with Crippen molar-refractivity contribution in [1.82, 2.24) is 0 Å². The summed E-state index contributed by atoms with van der Waals surface area (Å²) in [7, 11) is -2.00. The highest BCUT2D eigenvalue weighted by atomic mass is 32.2. The summed E-state index contributed by atoms with van der Waals surface area (Å²) in [6.07, 6.45) is 4.80. The van der Waals surface area contributed by atoms with Gasteiger partial charge < -0.3 is 9.84 Å². The van der Waals surface area contributed by atoms with Crippen LogP contribution in [0.15, 0.2) is 18.2 Å². The Balaban J connectivity index is 2.69. The zero-order chi connectivity index (χ0) is 16.3. The third-order valence-electron chi connectivity index (χ3n) is 3.51. The first-order valence-electron chi connectivity index (χ1n) is 6.99. The van der Waals surface area contributed by atoms with Gasteiger partial charge in [-0.2, -0.15) is 0 Å². The van der Waals surface area contributed by atoms with Crippen molar-refractivity contribution in [1.29, 1.82) is 0 Å². The quantitative estimate of drug-likeness (QED) is 0.918. The van der Waals surface area contributed by atoms with E-state index in [9.17, 15) is 18.3 Å². The average molecular weight is 325 g/mol. The number of hydrogen-bond donors (Lipinski definition) is 1. The van der Waals surface area contributed by atoms with Crippen LogP contribution in [0, 0.1) is 0 Å². The van der Waals surface area contributed by atoms with Gasteiger partial charge in [0, 0.05) is 12.1 Å². The molecule has 1 aromatic rings. The maximum absolute atomic E-state index is 12.3. The van der Waals surface area contributed by atoms with Crippen molar-refractivity contribution in [3.8, 4) is 5.75 Å². The molecule has 1 N–H and O–H groups in total. The Morgan fingerprint density at radius 2 is 2.09 bits per heavy atom. The van der Waals surface area contributed by atoms with Crippen molar-refractivity contribution in [3.05, 3.63) is 29.3 Å². The number of carboxylic acids is 1. The van der Waals surface area contributed by atoms with E-state index >= 15 is 0 Å². The second-order valence-electron chi connectivity index (χ2n) is 5.02. The number of rotatable bonds is 4. The summed E-state index contributed by atoms with van der Waals surface area (Å²) in [4.78, 5) is 11.3. The number of allylic oxidation sites excluding steroid dienone is 1. The van der Waals surface area contributed by atoms with Crippen LogP contribution in [0.1, 0.15) is 35.7 Å². The van der Waals surface area contributed by atoms with Crippen LogP contribution >= 0.6 is 0 Å². The minimum Gasteiger partial charge on any atom is -0.494 e. The van der Waals surface area contributed by atoms with Crippen LogP contribution in [0.25, 0.3) is 6.08 Å². The first-order chi connectivity index (χ1) is 10.4. The highest BCUT2D eigenvalue weighted by molar-refractivity contribution is 7.92. The van der Waals surface area contributed by atoms with Crippen molar-refractivity contribution in [2.45, 2.75) is 19.8 Å². The first-order valence-corrected chi connectivity index (χ1v) is 8.60. The Morgan fingerprint density at radius 3 is 2.64 bits per heavy atom. The van der Waals surface area contributed by atoms with Gasteiger partial charge in [0.2, 0.25) is 10.0 Å². The maximum atomic E-state index is 12.3. The summed E-state index contributed by atoms with van der Waals surface area (Å²) in [6, 6.07) is 2.83. The summed E-state index contributed by atoms with van der Waals surface area (Å²) in [5.41, 5.74) is 0.862. The van der Waals surface area contributed by atoms with Crippen LogP contribution in [0.4, 0.5) is 5.69 Å². The van der Waals surface area contributed by atoms with Gasteiger partial charge in [0.05, 0.1) is 24.1 Å². The number of aromatic carboxylic acids is 1. The van der Waals surface area contributed by atoms with Gasteiger partial charge in [-0.25, -0.2) is 13.2 Å². The second-order valence-corrected chi connectivity index (χ2v) is 7.03.